The van der Waals surface area contributed by atoms with Crippen molar-refractivity contribution >= 4 is 44.7 Å². The summed E-state index contributed by atoms with van der Waals surface area (Å²) in [7, 11) is 1.60. The van der Waals surface area contributed by atoms with Crippen molar-refractivity contribution in [3.8, 4) is 27.5 Å². The predicted octanol–water partition coefficient (Wildman–Crippen LogP) is 5.08. The van der Waals surface area contributed by atoms with Gasteiger partial charge in [0.05, 0.1) is 21.3 Å². The molecule has 2 N–H and O–H groups in total. The van der Waals surface area contributed by atoms with E-state index in [0.29, 0.717) is 27.9 Å². The second-order valence-corrected chi connectivity index (χ2v) is 7.12. The minimum atomic E-state index is 0.301. The van der Waals surface area contributed by atoms with Crippen LogP contribution in [0.25, 0.3) is 21.8 Å². The van der Waals surface area contributed by atoms with Gasteiger partial charge in [-0.1, -0.05) is 16.8 Å². The molecular formula is C14H10BrClN2O2S. The van der Waals surface area contributed by atoms with Crippen LogP contribution in [0.1, 0.15) is 0 Å². The van der Waals surface area contributed by atoms with Gasteiger partial charge in [-0.05, 0) is 46.3 Å². The van der Waals surface area contributed by atoms with Gasteiger partial charge in [-0.2, -0.15) is 0 Å². The Morgan fingerprint density at radius 3 is 2.81 bits per heavy atom. The van der Waals surface area contributed by atoms with E-state index < -0.39 is 0 Å². The molecule has 21 heavy (non-hydrogen) atoms. The van der Waals surface area contributed by atoms with Crippen molar-refractivity contribution in [2.75, 3.05) is 12.8 Å². The summed E-state index contributed by atoms with van der Waals surface area (Å²) in [5, 5.41) is 4.47. The quantitative estimate of drug-likeness (QED) is 0.683. The molecule has 0 aliphatic rings. The molecule has 0 aliphatic carbocycles. The van der Waals surface area contributed by atoms with Gasteiger partial charge in [-0.3, -0.25) is 0 Å². The van der Waals surface area contributed by atoms with Crippen LogP contribution in [0.4, 0.5) is 5.82 Å². The fourth-order valence-corrected chi connectivity index (χ4v) is 3.58. The highest BCUT2D eigenvalue weighted by molar-refractivity contribution is 9.11. The molecule has 0 atom stereocenters. The van der Waals surface area contributed by atoms with Gasteiger partial charge in [0.1, 0.15) is 5.75 Å². The Kier molecular flexibility index (Phi) is 3.93. The van der Waals surface area contributed by atoms with Crippen LogP contribution >= 0.6 is 38.9 Å². The molecule has 0 spiro atoms. The fourth-order valence-electron chi connectivity index (χ4n) is 2.04. The highest BCUT2D eigenvalue weighted by atomic mass is 79.9. The SMILES string of the molecule is COc1ccc(Cl)cc1-c1c(N)noc1-c1ccc(Br)s1. The number of ether oxygens (including phenoxy) is 1. The zero-order valence-electron chi connectivity index (χ0n) is 10.9. The maximum Gasteiger partial charge on any atom is 0.187 e. The molecule has 2 heterocycles. The summed E-state index contributed by atoms with van der Waals surface area (Å²) in [4.78, 5) is 0.920. The van der Waals surface area contributed by atoms with Gasteiger partial charge in [0.25, 0.3) is 0 Å². The molecule has 4 nitrogen and oxygen atoms in total. The summed E-state index contributed by atoms with van der Waals surface area (Å²) in [5.74, 6) is 1.56. The molecule has 7 heteroatoms. The summed E-state index contributed by atoms with van der Waals surface area (Å²) in [6.07, 6.45) is 0. The van der Waals surface area contributed by atoms with Crippen LogP contribution in [0.15, 0.2) is 38.6 Å². The first-order valence-corrected chi connectivity index (χ1v) is 7.93. The number of nitrogen functional groups attached to an aromatic ring is 1. The lowest BCUT2D eigenvalue weighted by molar-refractivity contribution is 0.416. The van der Waals surface area contributed by atoms with E-state index in [-0.39, 0.29) is 0 Å². The number of halogens is 2. The van der Waals surface area contributed by atoms with E-state index in [1.54, 1.807) is 25.3 Å². The normalized spacial score (nSPS) is 10.8. The van der Waals surface area contributed by atoms with Crippen LogP contribution in [0, 0.1) is 0 Å². The minimum Gasteiger partial charge on any atom is -0.496 e. The van der Waals surface area contributed by atoms with Crippen molar-refractivity contribution < 1.29 is 9.26 Å². The molecule has 0 bridgehead atoms. The van der Waals surface area contributed by atoms with E-state index in [2.05, 4.69) is 21.1 Å². The Balaban J connectivity index is 2.24. The Morgan fingerprint density at radius 2 is 2.14 bits per heavy atom. The molecule has 3 rings (SSSR count). The van der Waals surface area contributed by atoms with Gasteiger partial charge < -0.3 is 15.0 Å². The van der Waals surface area contributed by atoms with Crippen LogP contribution in [-0.2, 0) is 0 Å². The average molecular weight is 386 g/mol. The number of aromatic nitrogens is 1. The van der Waals surface area contributed by atoms with Crippen molar-refractivity contribution in [3.05, 3.63) is 39.1 Å². The number of rotatable bonds is 3. The van der Waals surface area contributed by atoms with Gasteiger partial charge in [0.15, 0.2) is 11.6 Å². The third-order valence-electron chi connectivity index (χ3n) is 2.95. The Morgan fingerprint density at radius 1 is 1.33 bits per heavy atom. The second kappa shape index (κ2) is 5.71. The van der Waals surface area contributed by atoms with Gasteiger partial charge in [-0.15, -0.1) is 11.3 Å². The lowest BCUT2D eigenvalue weighted by atomic mass is 10.0. The fraction of sp³-hybridized carbons (Fsp3) is 0.0714. The molecular weight excluding hydrogens is 376 g/mol. The van der Waals surface area contributed by atoms with E-state index in [1.807, 2.05) is 12.1 Å². The van der Waals surface area contributed by atoms with E-state index in [1.165, 1.54) is 11.3 Å². The summed E-state index contributed by atoms with van der Waals surface area (Å²) >= 11 is 11.1. The summed E-state index contributed by atoms with van der Waals surface area (Å²) in [6, 6.07) is 9.22. The smallest absolute Gasteiger partial charge is 0.187 e. The summed E-state index contributed by atoms with van der Waals surface area (Å²) < 4.78 is 11.8. The lowest BCUT2D eigenvalue weighted by Crippen LogP contribution is -1.92. The van der Waals surface area contributed by atoms with Gasteiger partial charge in [-0.25, -0.2) is 0 Å². The van der Waals surface area contributed by atoms with Crippen molar-refractivity contribution in [3.63, 3.8) is 0 Å². The maximum absolute atomic E-state index is 6.09. The number of benzene rings is 1. The number of hydrogen-bond donors (Lipinski definition) is 1. The topological polar surface area (TPSA) is 61.3 Å². The van der Waals surface area contributed by atoms with E-state index >= 15 is 0 Å². The van der Waals surface area contributed by atoms with Gasteiger partial charge in [0.2, 0.25) is 0 Å². The van der Waals surface area contributed by atoms with Crippen molar-refractivity contribution in [2.24, 2.45) is 0 Å². The van der Waals surface area contributed by atoms with Gasteiger partial charge >= 0.3 is 0 Å². The Bertz CT molecular complexity index is 800. The first-order valence-electron chi connectivity index (χ1n) is 5.95. The van der Waals surface area contributed by atoms with Crippen LogP contribution in [0.3, 0.4) is 0 Å². The third kappa shape index (κ3) is 2.66. The monoisotopic (exact) mass is 384 g/mol. The summed E-state index contributed by atoms with van der Waals surface area (Å²) in [5.41, 5.74) is 7.42. The molecule has 3 aromatic rings. The van der Waals surface area contributed by atoms with Crippen LogP contribution in [-0.4, -0.2) is 12.3 Å². The second-order valence-electron chi connectivity index (χ2n) is 4.22. The molecule has 0 saturated carbocycles. The zero-order chi connectivity index (χ0) is 15.0. The number of nitrogens with two attached hydrogens (primary N) is 1. The van der Waals surface area contributed by atoms with Crippen molar-refractivity contribution in [1.82, 2.24) is 5.16 Å². The van der Waals surface area contributed by atoms with E-state index in [9.17, 15) is 0 Å². The number of hydrogen-bond acceptors (Lipinski definition) is 5. The van der Waals surface area contributed by atoms with E-state index in [0.717, 1.165) is 14.2 Å². The third-order valence-corrected chi connectivity index (χ3v) is 4.80. The largest absolute Gasteiger partial charge is 0.496 e. The lowest BCUT2D eigenvalue weighted by Gasteiger charge is -2.08. The first kappa shape index (κ1) is 14.4. The zero-order valence-corrected chi connectivity index (χ0v) is 14.1. The first-order chi connectivity index (χ1) is 10.1. The predicted molar refractivity (Wildman–Crippen MR) is 88.9 cm³/mol. The highest BCUT2D eigenvalue weighted by Gasteiger charge is 2.22. The van der Waals surface area contributed by atoms with Crippen LogP contribution in [0.2, 0.25) is 5.02 Å². The van der Waals surface area contributed by atoms with Crippen molar-refractivity contribution in [2.45, 2.75) is 0 Å². The molecule has 0 radical (unpaired) electrons. The molecule has 0 amide bonds. The molecule has 2 aromatic heterocycles. The number of anilines is 1. The molecule has 1 aromatic carbocycles. The number of thiophene rings is 1. The minimum absolute atomic E-state index is 0.301. The van der Waals surface area contributed by atoms with Crippen LogP contribution < -0.4 is 10.5 Å². The number of nitrogens with zero attached hydrogens (tertiary/aromatic N) is 1. The van der Waals surface area contributed by atoms with E-state index in [4.69, 9.17) is 26.6 Å². The van der Waals surface area contributed by atoms with Crippen molar-refractivity contribution in [1.29, 1.82) is 0 Å². The average Bonchev–Trinajstić information content (AvgIpc) is 3.04. The van der Waals surface area contributed by atoms with Crippen LogP contribution in [0.5, 0.6) is 5.75 Å². The summed E-state index contributed by atoms with van der Waals surface area (Å²) in [6.45, 7) is 0. The Hall–Kier alpha value is -1.50. The number of methoxy groups -OCH3 is 1. The Labute approximate surface area is 138 Å². The van der Waals surface area contributed by atoms with Gasteiger partial charge in [0, 0.05) is 10.6 Å². The molecule has 0 fully saturated rings. The standard InChI is InChI=1S/C14H10BrClN2O2S/c1-19-9-3-2-7(16)6-8(9)12-13(20-18-14(12)17)10-4-5-11(15)21-10/h2-6H,1H3,(H2,17,18). The highest BCUT2D eigenvalue weighted by Crippen LogP contribution is 2.44. The maximum atomic E-state index is 6.09. The molecule has 108 valence electrons. The molecule has 0 aliphatic heterocycles. The molecule has 0 saturated heterocycles. The molecule has 0 unspecified atom stereocenters.